The standard InChI is InChI=1S/C14H29N3O2S/c1-4-16(5-2)10-13-11-17-7-6-12(13)8-14(17)9-15-20(3,18)19/h12-15H,4-11H2,1-3H3/t12-,13-,14+/m0/s1. The summed E-state index contributed by atoms with van der Waals surface area (Å²) in [6, 6.07) is 0.399. The summed E-state index contributed by atoms with van der Waals surface area (Å²) in [6.07, 6.45) is 3.67. The first-order chi connectivity index (χ1) is 9.43. The fourth-order valence-electron chi connectivity index (χ4n) is 3.73. The highest BCUT2D eigenvalue weighted by molar-refractivity contribution is 7.88. The largest absolute Gasteiger partial charge is 0.304 e. The van der Waals surface area contributed by atoms with Crippen molar-refractivity contribution in [3.05, 3.63) is 0 Å². The molecule has 6 heteroatoms. The van der Waals surface area contributed by atoms with Crippen LogP contribution in [0.15, 0.2) is 0 Å². The number of fused-ring (bicyclic) bond motifs is 3. The molecule has 3 saturated heterocycles. The van der Waals surface area contributed by atoms with Crippen LogP contribution in [0.2, 0.25) is 0 Å². The van der Waals surface area contributed by atoms with Crippen LogP contribution in [0.4, 0.5) is 0 Å². The van der Waals surface area contributed by atoms with Crippen molar-refractivity contribution in [1.29, 1.82) is 0 Å². The van der Waals surface area contributed by atoms with Crippen molar-refractivity contribution in [1.82, 2.24) is 14.5 Å². The van der Waals surface area contributed by atoms with Gasteiger partial charge in [0.05, 0.1) is 6.26 Å². The van der Waals surface area contributed by atoms with Gasteiger partial charge in [-0.2, -0.15) is 0 Å². The minimum atomic E-state index is -3.07. The van der Waals surface area contributed by atoms with Crippen LogP contribution in [-0.2, 0) is 10.0 Å². The lowest BCUT2D eigenvalue weighted by Gasteiger charge is -2.50. The summed E-state index contributed by atoms with van der Waals surface area (Å²) in [5, 5.41) is 0. The molecule has 0 radical (unpaired) electrons. The number of sulfonamides is 1. The number of piperidine rings is 3. The van der Waals surface area contributed by atoms with E-state index in [1.807, 2.05) is 0 Å². The van der Waals surface area contributed by atoms with Gasteiger partial charge < -0.3 is 4.90 Å². The highest BCUT2D eigenvalue weighted by Gasteiger charge is 2.40. The molecule has 1 N–H and O–H groups in total. The zero-order chi connectivity index (χ0) is 14.8. The summed E-state index contributed by atoms with van der Waals surface area (Å²) in [7, 11) is -3.07. The molecule has 0 spiro atoms. The van der Waals surface area contributed by atoms with Crippen molar-refractivity contribution in [2.45, 2.75) is 32.7 Å². The van der Waals surface area contributed by atoms with E-state index in [0.717, 1.165) is 44.4 Å². The summed E-state index contributed by atoms with van der Waals surface area (Å²) >= 11 is 0. The Morgan fingerprint density at radius 2 is 2.00 bits per heavy atom. The van der Waals surface area contributed by atoms with Gasteiger partial charge in [-0.25, -0.2) is 13.1 Å². The second-order valence-electron chi connectivity index (χ2n) is 6.30. The third kappa shape index (κ3) is 4.16. The van der Waals surface area contributed by atoms with Gasteiger partial charge in [-0.05, 0) is 44.3 Å². The molecule has 3 fully saturated rings. The van der Waals surface area contributed by atoms with E-state index in [2.05, 4.69) is 28.4 Å². The monoisotopic (exact) mass is 303 g/mol. The quantitative estimate of drug-likeness (QED) is 0.748. The van der Waals surface area contributed by atoms with E-state index in [1.165, 1.54) is 19.2 Å². The highest BCUT2D eigenvalue weighted by Crippen LogP contribution is 2.36. The van der Waals surface area contributed by atoms with Gasteiger partial charge in [0.2, 0.25) is 10.0 Å². The summed E-state index contributed by atoms with van der Waals surface area (Å²) in [6.45, 7) is 10.7. The van der Waals surface area contributed by atoms with Crippen molar-refractivity contribution >= 4 is 10.0 Å². The molecule has 5 nitrogen and oxygen atoms in total. The van der Waals surface area contributed by atoms with E-state index in [0.29, 0.717) is 12.6 Å². The minimum Gasteiger partial charge on any atom is -0.304 e. The first-order valence-corrected chi connectivity index (χ1v) is 9.73. The van der Waals surface area contributed by atoms with E-state index in [-0.39, 0.29) is 0 Å². The molecule has 3 rings (SSSR count). The SMILES string of the molecule is CCN(CC)C[C@H]1CN2CC[C@H]1C[C@@H]2CNS(C)(=O)=O. The van der Waals surface area contributed by atoms with Gasteiger partial charge in [0.25, 0.3) is 0 Å². The molecular formula is C14H29N3O2S. The van der Waals surface area contributed by atoms with Crippen LogP contribution < -0.4 is 4.72 Å². The Labute approximate surface area is 123 Å². The Kier molecular flexibility index (Phi) is 5.45. The average molecular weight is 303 g/mol. The second kappa shape index (κ2) is 6.73. The third-order valence-electron chi connectivity index (χ3n) is 4.98. The molecule has 0 aromatic carbocycles. The summed E-state index contributed by atoms with van der Waals surface area (Å²) in [5.74, 6) is 1.53. The number of nitrogens with one attached hydrogen (secondary N) is 1. The van der Waals surface area contributed by atoms with Gasteiger partial charge in [-0.1, -0.05) is 13.8 Å². The average Bonchev–Trinajstić information content (AvgIpc) is 2.42. The zero-order valence-electron chi connectivity index (χ0n) is 13.0. The topological polar surface area (TPSA) is 52.6 Å². The summed E-state index contributed by atoms with van der Waals surface area (Å²) in [5.41, 5.74) is 0. The maximum absolute atomic E-state index is 11.2. The van der Waals surface area contributed by atoms with Gasteiger partial charge in [0, 0.05) is 25.7 Å². The maximum Gasteiger partial charge on any atom is 0.208 e. The fourth-order valence-corrected chi connectivity index (χ4v) is 4.22. The Morgan fingerprint density at radius 1 is 1.30 bits per heavy atom. The number of nitrogens with zero attached hydrogens (tertiary/aromatic N) is 2. The maximum atomic E-state index is 11.2. The van der Waals surface area contributed by atoms with Crippen molar-refractivity contribution in [3.63, 3.8) is 0 Å². The highest BCUT2D eigenvalue weighted by atomic mass is 32.2. The van der Waals surface area contributed by atoms with Crippen LogP contribution in [0.25, 0.3) is 0 Å². The number of rotatable bonds is 7. The fraction of sp³-hybridized carbons (Fsp3) is 1.00. The Hall–Kier alpha value is -0.170. The van der Waals surface area contributed by atoms with Gasteiger partial charge >= 0.3 is 0 Å². The molecular weight excluding hydrogens is 274 g/mol. The molecule has 0 aromatic rings. The lowest BCUT2D eigenvalue weighted by Crippen LogP contribution is -2.58. The van der Waals surface area contributed by atoms with Gasteiger partial charge in [-0.3, -0.25) is 4.90 Å². The van der Waals surface area contributed by atoms with E-state index in [4.69, 9.17) is 0 Å². The van der Waals surface area contributed by atoms with Crippen LogP contribution in [0, 0.1) is 11.8 Å². The first kappa shape index (κ1) is 16.2. The second-order valence-corrected chi connectivity index (χ2v) is 8.13. The van der Waals surface area contributed by atoms with Crippen LogP contribution in [0.1, 0.15) is 26.7 Å². The predicted molar refractivity (Wildman–Crippen MR) is 82.2 cm³/mol. The van der Waals surface area contributed by atoms with E-state index in [9.17, 15) is 8.42 Å². The zero-order valence-corrected chi connectivity index (χ0v) is 13.8. The lowest BCUT2D eigenvalue weighted by molar-refractivity contribution is -0.00910. The molecule has 118 valence electrons. The molecule has 4 atom stereocenters. The molecule has 2 bridgehead atoms. The normalized spacial score (nSPS) is 33.8. The van der Waals surface area contributed by atoms with Gasteiger partial charge in [0.1, 0.15) is 0 Å². The molecule has 0 saturated carbocycles. The van der Waals surface area contributed by atoms with Crippen LogP contribution in [0.5, 0.6) is 0 Å². The number of hydrogen-bond acceptors (Lipinski definition) is 4. The minimum absolute atomic E-state index is 0.399. The molecule has 0 amide bonds. The molecule has 3 heterocycles. The van der Waals surface area contributed by atoms with Crippen molar-refractivity contribution in [2.24, 2.45) is 11.8 Å². The molecule has 0 aliphatic carbocycles. The molecule has 1 unspecified atom stereocenters. The van der Waals surface area contributed by atoms with Crippen molar-refractivity contribution in [2.75, 3.05) is 45.5 Å². The summed E-state index contributed by atoms with van der Waals surface area (Å²) < 4.78 is 25.1. The predicted octanol–water partition coefficient (Wildman–Crippen LogP) is 0.588. The summed E-state index contributed by atoms with van der Waals surface area (Å²) in [4.78, 5) is 5.00. The lowest BCUT2D eigenvalue weighted by atomic mass is 9.75. The van der Waals surface area contributed by atoms with E-state index >= 15 is 0 Å². The Morgan fingerprint density at radius 3 is 2.50 bits per heavy atom. The molecule has 3 aliphatic heterocycles. The van der Waals surface area contributed by atoms with Crippen molar-refractivity contribution < 1.29 is 8.42 Å². The third-order valence-corrected chi connectivity index (χ3v) is 5.67. The number of hydrogen-bond donors (Lipinski definition) is 1. The van der Waals surface area contributed by atoms with E-state index in [1.54, 1.807) is 0 Å². The van der Waals surface area contributed by atoms with Gasteiger partial charge in [0.15, 0.2) is 0 Å². The molecule has 20 heavy (non-hydrogen) atoms. The Bertz CT molecular complexity index is 409. The van der Waals surface area contributed by atoms with Gasteiger partial charge in [-0.15, -0.1) is 0 Å². The van der Waals surface area contributed by atoms with E-state index < -0.39 is 10.0 Å². The Balaban J connectivity index is 1.87. The smallest absolute Gasteiger partial charge is 0.208 e. The van der Waals surface area contributed by atoms with Crippen LogP contribution in [-0.4, -0.2) is 69.8 Å². The van der Waals surface area contributed by atoms with Crippen molar-refractivity contribution in [3.8, 4) is 0 Å². The molecule has 3 aliphatic rings. The first-order valence-electron chi connectivity index (χ1n) is 7.84. The van der Waals surface area contributed by atoms with Crippen LogP contribution in [0.3, 0.4) is 0 Å². The molecule has 0 aromatic heterocycles. The van der Waals surface area contributed by atoms with Crippen LogP contribution >= 0.6 is 0 Å².